The molecular formula is C26H32N2O4. The first-order valence-electron chi connectivity index (χ1n) is 11.5. The van der Waals surface area contributed by atoms with Gasteiger partial charge < -0.3 is 19.7 Å². The summed E-state index contributed by atoms with van der Waals surface area (Å²) in [5.41, 5.74) is 2.05. The molecule has 170 valence electrons. The lowest BCUT2D eigenvalue weighted by molar-refractivity contribution is -0.119. The third kappa shape index (κ3) is 4.90. The lowest BCUT2D eigenvalue weighted by Gasteiger charge is -2.22. The number of carbonyl (C=O) groups excluding carboxylic acids is 2. The number of amides is 2. The first-order valence-corrected chi connectivity index (χ1v) is 11.5. The highest BCUT2D eigenvalue weighted by Gasteiger charge is 2.33. The summed E-state index contributed by atoms with van der Waals surface area (Å²) in [6.45, 7) is 1.94. The highest BCUT2D eigenvalue weighted by atomic mass is 16.5. The Kier molecular flexibility index (Phi) is 6.68. The second-order valence-electron chi connectivity index (χ2n) is 8.82. The van der Waals surface area contributed by atoms with E-state index in [1.807, 2.05) is 43.3 Å². The monoisotopic (exact) mass is 436 g/mol. The van der Waals surface area contributed by atoms with Crippen molar-refractivity contribution in [3.05, 3.63) is 53.6 Å². The van der Waals surface area contributed by atoms with Gasteiger partial charge >= 0.3 is 0 Å². The van der Waals surface area contributed by atoms with Gasteiger partial charge in [0.25, 0.3) is 5.91 Å². The molecule has 32 heavy (non-hydrogen) atoms. The maximum absolute atomic E-state index is 13.1. The Morgan fingerprint density at radius 3 is 2.44 bits per heavy atom. The molecule has 0 bridgehead atoms. The van der Waals surface area contributed by atoms with Crippen molar-refractivity contribution < 1.29 is 19.1 Å². The van der Waals surface area contributed by atoms with Gasteiger partial charge in [-0.15, -0.1) is 0 Å². The van der Waals surface area contributed by atoms with Gasteiger partial charge in [0.2, 0.25) is 5.91 Å². The van der Waals surface area contributed by atoms with Gasteiger partial charge in [-0.25, -0.2) is 0 Å². The fourth-order valence-corrected chi connectivity index (χ4v) is 4.28. The summed E-state index contributed by atoms with van der Waals surface area (Å²) < 4.78 is 11.7. The molecule has 2 aliphatic rings. The number of anilines is 1. The van der Waals surface area contributed by atoms with E-state index in [9.17, 15) is 9.59 Å². The van der Waals surface area contributed by atoms with Crippen LogP contribution in [0.5, 0.6) is 11.5 Å². The smallest absolute Gasteiger partial charge is 0.253 e. The predicted molar refractivity (Wildman–Crippen MR) is 124 cm³/mol. The minimum Gasteiger partial charge on any atom is -0.493 e. The summed E-state index contributed by atoms with van der Waals surface area (Å²) >= 11 is 0. The molecule has 6 heteroatoms. The molecule has 1 N–H and O–H groups in total. The van der Waals surface area contributed by atoms with Gasteiger partial charge in [-0.1, -0.05) is 18.2 Å². The van der Waals surface area contributed by atoms with Crippen molar-refractivity contribution in [1.29, 1.82) is 0 Å². The second-order valence-corrected chi connectivity index (χ2v) is 8.82. The number of nitrogens with zero attached hydrogens (tertiary/aromatic N) is 1. The van der Waals surface area contributed by atoms with Gasteiger partial charge in [-0.2, -0.15) is 0 Å². The SMILES string of the molecule is COc1cc(C(C)NC(=O)c2ccccc2N(C)C(=O)C2CC2)ccc1OC1CCCC1. The largest absolute Gasteiger partial charge is 0.493 e. The summed E-state index contributed by atoms with van der Waals surface area (Å²) in [4.78, 5) is 27.2. The molecule has 2 aromatic carbocycles. The summed E-state index contributed by atoms with van der Waals surface area (Å²) in [7, 11) is 3.37. The van der Waals surface area contributed by atoms with E-state index in [-0.39, 0.29) is 29.9 Å². The lowest BCUT2D eigenvalue weighted by atomic mass is 10.1. The Bertz CT molecular complexity index is 980. The van der Waals surface area contributed by atoms with E-state index in [2.05, 4.69) is 5.32 Å². The normalized spacial score (nSPS) is 17.0. The van der Waals surface area contributed by atoms with Crippen molar-refractivity contribution in [3.8, 4) is 11.5 Å². The Morgan fingerprint density at radius 2 is 1.75 bits per heavy atom. The molecule has 2 saturated carbocycles. The Balaban J connectivity index is 1.47. The van der Waals surface area contributed by atoms with Crippen molar-refractivity contribution in [1.82, 2.24) is 5.32 Å². The number of ether oxygens (including phenoxy) is 2. The van der Waals surface area contributed by atoms with E-state index in [0.29, 0.717) is 17.0 Å². The first kappa shape index (κ1) is 22.2. The fourth-order valence-electron chi connectivity index (χ4n) is 4.28. The zero-order valence-corrected chi connectivity index (χ0v) is 19.1. The van der Waals surface area contributed by atoms with Gasteiger partial charge in [-0.05, 0) is 75.3 Å². The van der Waals surface area contributed by atoms with Crippen LogP contribution in [0.2, 0.25) is 0 Å². The van der Waals surface area contributed by atoms with Crippen LogP contribution in [-0.2, 0) is 4.79 Å². The molecule has 2 aromatic rings. The van der Waals surface area contributed by atoms with Crippen LogP contribution in [0.1, 0.15) is 67.4 Å². The summed E-state index contributed by atoms with van der Waals surface area (Å²) in [6, 6.07) is 12.8. The number of methoxy groups -OCH3 is 1. The third-order valence-corrected chi connectivity index (χ3v) is 6.40. The molecule has 6 nitrogen and oxygen atoms in total. The van der Waals surface area contributed by atoms with Crippen LogP contribution in [0.25, 0.3) is 0 Å². The Labute approximate surface area is 189 Å². The van der Waals surface area contributed by atoms with E-state index >= 15 is 0 Å². The van der Waals surface area contributed by atoms with Crippen molar-refractivity contribution in [3.63, 3.8) is 0 Å². The molecule has 0 aliphatic heterocycles. The standard InChI is InChI=1S/C26H32N2O4/c1-17(19-14-15-23(24(16-19)31-3)32-20-8-4-5-9-20)27-25(29)21-10-6-7-11-22(21)28(2)26(30)18-12-13-18/h6-7,10-11,14-18,20H,4-5,8-9,12-13H2,1-3H3,(H,27,29). The lowest BCUT2D eigenvalue weighted by Crippen LogP contribution is -2.32. The summed E-state index contributed by atoms with van der Waals surface area (Å²) in [6.07, 6.45) is 6.67. The van der Waals surface area contributed by atoms with Crippen LogP contribution >= 0.6 is 0 Å². The van der Waals surface area contributed by atoms with Crippen molar-refractivity contribution in [2.45, 2.75) is 57.6 Å². The Morgan fingerprint density at radius 1 is 1.03 bits per heavy atom. The fraction of sp³-hybridized carbons (Fsp3) is 0.462. The molecule has 0 radical (unpaired) electrons. The summed E-state index contributed by atoms with van der Waals surface area (Å²) in [5.74, 6) is 1.36. The van der Waals surface area contributed by atoms with Gasteiger partial charge in [0.15, 0.2) is 11.5 Å². The van der Waals surface area contributed by atoms with Crippen molar-refractivity contribution >= 4 is 17.5 Å². The first-order chi connectivity index (χ1) is 15.5. The zero-order chi connectivity index (χ0) is 22.7. The number of para-hydroxylation sites is 1. The molecule has 0 spiro atoms. The minimum absolute atomic E-state index is 0.0703. The van der Waals surface area contributed by atoms with E-state index in [1.165, 1.54) is 12.8 Å². The van der Waals surface area contributed by atoms with Crippen molar-refractivity contribution in [2.75, 3.05) is 19.1 Å². The number of carbonyl (C=O) groups is 2. The molecule has 1 unspecified atom stereocenters. The molecule has 4 rings (SSSR count). The number of nitrogens with one attached hydrogen (secondary N) is 1. The van der Waals surface area contributed by atoms with Gasteiger partial charge in [0.05, 0.1) is 30.5 Å². The zero-order valence-electron chi connectivity index (χ0n) is 19.1. The number of hydrogen-bond acceptors (Lipinski definition) is 4. The van der Waals surface area contributed by atoms with E-state index in [4.69, 9.17) is 9.47 Å². The van der Waals surface area contributed by atoms with E-state index < -0.39 is 0 Å². The third-order valence-electron chi connectivity index (χ3n) is 6.40. The van der Waals surface area contributed by atoms with Gasteiger partial charge in [0.1, 0.15) is 0 Å². The van der Waals surface area contributed by atoms with Crippen molar-refractivity contribution in [2.24, 2.45) is 5.92 Å². The van der Waals surface area contributed by atoms with Crippen LogP contribution in [-0.4, -0.2) is 32.1 Å². The minimum atomic E-state index is -0.241. The molecular weight excluding hydrogens is 404 g/mol. The number of rotatable bonds is 8. The van der Waals surface area contributed by atoms with Crippen LogP contribution in [0, 0.1) is 5.92 Å². The van der Waals surface area contributed by atoms with E-state index in [1.54, 1.807) is 25.1 Å². The molecule has 0 saturated heterocycles. The summed E-state index contributed by atoms with van der Waals surface area (Å²) in [5, 5.41) is 3.06. The Hall–Kier alpha value is -3.02. The maximum atomic E-state index is 13.1. The topological polar surface area (TPSA) is 67.9 Å². The number of hydrogen-bond donors (Lipinski definition) is 1. The highest BCUT2D eigenvalue weighted by Crippen LogP contribution is 2.35. The molecule has 0 heterocycles. The number of benzene rings is 2. The molecule has 1 atom stereocenters. The molecule has 2 fully saturated rings. The van der Waals surface area contributed by atoms with E-state index in [0.717, 1.165) is 37.0 Å². The molecule has 2 amide bonds. The molecule has 2 aliphatic carbocycles. The molecule has 0 aromatic heterocycles. The van der Waals surface area contributed by atoms with Crippen LogP contribution in [0.15, 0.2) is 42.5 Å². The average molecular weight is 437 g/mol. The maximum Gasteiger partial charge on any atom is 0.253 e. The second kappa shape index (κ2) is 9.63. The average Bonchev–Trinajstić information content (AvgIpc) is 3.54. The quantitative estimate of drug-likeness (QED) is 0.640. The van der Waals surface area contributed by atoms with Gasteiger partial charge in [0, 0.05) is 13.0 Å². The van der Waals surface area contributed by atoms with Crippen LogP contribution in [0.3, 0.4) is 0 Å². The van der Waals surface area contributed by atoms with Crippen LogP contribution in [0.4, 0.5) is 5.69 Å². The highest BCUT2D eigenvalue weighted by molar-refractivity contribution is 6.05. The van der Waals surface area contributed by atoms with Crippen LogP contribution < -0.4 is 19.7 Å². The van der Waals surface area contributed by atoms with Gasteiger partial charge in [-0.3, -0.25) is 9.59 Å². The predicted octanol–water partition coefficient (Wildman–Crippen LogP) is 4.88.